The molecule has 0 bridgehead atoms. The number of benzene rings is 2. The Balaban J connectivity index is 1.60. The number of hydrogen-bond acceptors (Lipinski definition) is 5. The number of amides is 1. The number of rotatable bonds is 3. The Morgan fingerprint density at radius 1 is 1.11 bits per heavy atom. The lowest BCUT2D eigenvalue weighted by atomic mass is 10.0. The van der Waals surface area contributed by atoms with Gasteiger partial charge in [0.25, 0.3) is 5.56 Å². The third-order valence-corrected chi connectivity index (χ3v) is 4.65. The first-order chi connectivity index (χ1) is 13.1. The van der Waals surface area contributed by atoms with Crippen molar-refractivity contribution in [1.29, 1.82) is 0 Å². The van der Waals surface area contributed by atoms with Crippen LogP contribution in [0.5, 0.6) is 0 Å². The fourth-order valence-electron chi connectivity index (χ4n) is 3.53. The molecule has 1 amide bonds. The number of anilines is 1. The highest BCUT2D eigenvalue weighted by Gasteiger charge is 2.25. The van der Waals surface area contributed by atoms with Gasteiger partial charge in [-0.25, -0.2) is 4.68 Å². The zero-order chi connectivity index (χ0) is 18.5. The Labute approximate surface area is 153 Å². The second-order valence-electron chi connectivity index (χ2n) is 6.46. The maximum absolute atomic E-state index is 12.9. The van der Waals surface area contributed by atoms with Crippen LogP contribution in [-0.2, 0) is 11.3 Å². The highest BCUT2D eigenvalue weighted by atomic mass is 16.5. The summed E-state index contributed by atoms with van der Waals surface area (Å²) >= 11 is 0. The van der Waals surface area contributed by atoms with E-state index in [0.29, 0.717) is 17.0 Å². The standard InChI is InChI=1S/C20H14N4O3/c1-11-9-16(23-27-11)21-17(25)10-24-20(26)15-8-4-7-13-12-5-2-3-6-14(12)19(22-24)18(13)15/h2-9H,10H2,1H3,(H,21,23,25). The van der Waals surface area contributed by atoms with E-state index < -0.39 is 5.91 Å². The monoisotopic (exact) mass is 358 g/mol. The number of hydrogen-bond donors (Lipinski definition) is 1. The van der Waals surface area contributed by atoms with Gasteiger partial charge in [-0.1, -0.05) is 41.6 Å². The number of nitrogens with one attached hydrogen (secondary N) is 1. The van der Waals surface area contributed by atoms with Crippen LogP contribution in [0, 0.1) is 6.92 Å². The van der Waals surface area contributed by atoms with Crippen LogP contribution >= 0.6 is 0 Å². The molecule has 2 heterocycles. The van der Waals surface area contributed by atoms with E-state index in [1.54, 1.807) is 19.1 Å². The molecule has 0 saturated carbocycles. The van der Waals surface area contributed by atoms with Crippen molar-refractivity contribution in [3.63, 3.8) is 0 Å². The lowest BCUT2D eigenvalue weighted by Gasteiger charge is -2.08. The van der Waals surface area contributed by atoms with Gasteiger partial charge < -0.3 is 9.84 Å². The summed E-state index contributed by atoms with van der Waals surface area (Å²) in [5, 5.41) is 12.2. The molecular weight excluding hydrogens is 344 g/mol. The summed E-state index contributed by atoms with van der Waals surface area (Å²) in [4.78, 5) is 25.2. The summed E-state index contributed by atoms with van der Waals surface area (Å²) in [5.74, 6) is 0.499. The van der Waals surface area contributed by atoms with Gasteiger partial charge in [-0.05, 0) is 24.1 Å². The summed E-state index contributed by atoms with van der Waals surface area (Å²) in [7, 11) is 0. The minimum Gasteiger partial charge on any atom is -0.360 e. The number of nitrogens with zero attached hydrogens (tertiary/aromatic N) is 3. The lowest BCUT2D eigenvalue weighted by molar-refractivity contribution is -0.117. The molecule has 1 aliphatic rings. The molecular formula is C20H14N4O3. The van der Waals surface area contributed by atoms with E-state index in [-0.39, 0.29) is 12.1 Å². The number of fused-ring (bicyclic) bond motifs is 3. The van der Waals surface area contributed by atoms with Crippen LogP contribution in [-0.4, -0.2) is 20.8 Å². The van der Waals surface area contributed by atoms with Gasteiger partial charge >= 0.3 is 0 Å². The van der Waals surface area contributed by atoms with E-state index in [0.717, 1.165) is 27.8 Å². The third kappa shape index (κ3) is 2.36. The van der Waals surface area contributed by atoms with Crippen molar-refractivity contribution < 1.29 is 9.32 Å². The Bertz CT molecular complexity index is 1290. The van der Waals surface area contributed by atoms with Crippen molar-refractivity contribution in [2.45, 2.75) is 13.5 Å². The molecule has 0 atom stereocenters. The molecule has 0 saturated heterocycles. The van der Waals surface area contributed by atoms with Crippen LogP contribution in [0.25, 0.3) is 33.2 Å². The lowest BCUT2D eigenvalue weighted by Crippen LogP contribution is -2.30. The molecule has 1 N–H and O–H groups in total. The normalized spacial score (nSPS) is 11.6. The Kier molecular flexibility index (Phi) is 3.24. The molecule has 0 spiro atoms. The van der Waals surface area contributed by atoms with Gasteiger partial charge in [0.05, 0.1) is 5.39 Å². The van der Waals surface area contributed by atoms with Crippen molar-refractivity contribution in [3.05, 3.63) is 64.6 Å². The average molecular weight is 358 g/mol. The van der Waals surface area contributed by atoms with Crippen LogP contribution < -0.4 is 10.9 Å². The summed E-state index contributed by atoms with van der Waals surface area (Å²) in [6.07, 6.45) is 0. The predicted molar refractivity (Wildman–Crippen MR) is 100 cm³/mol. The second kappa shape index (κ2) is 5.63. The van der Waals surface area contributed by atoms with Gasteiger partial charge in [0.15, 0.2) is 5.82 Å². The first-order valence-corrected chi connectivity index (χ1v) is 8.48. The van der Waals surface area contributed by atoms with Crippen LogP contribution in [0.15, 0.2) is 57.8 Å². The maximum atomic E-state index is 12.9. The SMILES string of the molecule is Cc1cc(NC(=O)Cn2nc3c4c(cccc4c2=O)-c2ccccc2-3)no1. The number of aryl methyl sites for hydroxylation is 1. The van der Waals surface area contributed by atoms with Crippen LogP contribution in [0.2, 0.25) is 0 Å². The molecule has 1 aliphatic carbocycles. The molecule has 132 valence electrons. The number of aromatic nitrogens is 3. The minimum atomic E-state index is -0.396. The molecule has 2 aromatic carbocycles. The first-order valence-electron chi connectivity index (χ1n) is 8.48. The summed E-state index contributed by atoms with van der Waals surface area (Å²) in [6.45, 7) is 1.52. The van der Waals surface area contributed by atoms with E-state index in [1.165, 1.54) is 4.68 Å². The van der Waals surface area contributed by atoms with Crippen LogP contribution in [0.4, 0.5) is 5.82 Å². The minimum absolute atomic E-state index is 0.208. The molecule has 0 aliphatic heterocycles. The molecule has 0 unspecified atom stereocenters. The number of carbonyl (C=O) groups is 1. The molecule has 5 rings (SSSR count). The fourth-order valence-corrected chi connectivity index (χ4v) is 3.53. The molecule has 27 heavy (non-hydrogen) atoms. The van der Waals surface area contributed by atoms with Crippen molar-refractivity contribution in [1.82, 2.24) is 14.9 Å². The van der Waals surface area contributed by atoms with Crippen LogP contribution in [0.3, 0.4) is 0 Å². The van der Waals surface area contributed by atoms with Crippen molar-refractivity contribution in [2.75, 3.05) is 5.32 Å². The maximum Gasteiger partial charge on any atom is 0.275 e. The molecule has 2 aromatic heterocycles. The zero-order valence-electron chi connectivity index (χ0n) is 14.4. The van der Waals surface area contributed by atoms with Crippen molar-refractivity contribution in [2.24, 2.45) is 0 Å². The third-order valence-electron chi connectivity index (χ3n) is 4.65. The first kappa shape index (κ1) is 15.5. The van der Waals surface area contributed by atoms with Gasteiger partial charge in [0.1, 0.15) is 18.0 Å². The summed E-state index contributed by atoms with van der Waals surface area (Å²) in [6, 6.07) is 15.1. The average Bonchev–Trinajstić information content (AvgIpc) is 3.21. The van der Waals surface area contributed by atoms with E-state index in [4.69, 9.17) is 4.52 Å². The largest absolute Gasteiger partial charge is 0.360 e. The highest BCUT2D eigenvalue weighted by molar-refractivity contribution is 6.13. The Hall–Kier alpha value is -3.74. The summed E-state index contributed by atoms with van der Waals surface area (Å²) in [5.41, 5.74) is 3.43. The molecule has 0 fully saturated rings. The summed E-state index contributed by atoms with van der Waals surface area (Å²) < 4.78 is 6.13. The van der Waals surface area contributed by atoms with Crippen molar-refractivity contribution >= 4 is 22.5 Å². The molecule has 7 nitrogen and oxygen atoms in total. The predicted octanol–water partition coefficient (Wildman–Crippen LogP) is 2.98. The zero-order valence-corrected chi connectivity index (χ0v) is 14.4. The smallest absolute Gasteiger partial charge is 0.275 e. The van der Waals surface area contributed by atoms with Gasteiger partial charge in [-0.15, -0.1) is 0 Å². The van der Waals surface area contributed by atoms with E-state index >= 15 is 0 Å². The Morgan fingerprint density at radius 3 is 2.67 bits per heavy atom. The van der Waals surface area contributed by atoms with E-state index in [2.05, 4.69) is 15.6 Å². The molecule has 0 radical (unpaired) electrons. The van der Waals surface area contributed by atoms with Crippen LogP contribution in [0.1, 0.15) is 5.76 Å². The fraction of sp³-hybridized carbons (Fsp3) is 0.100. The molecule has 7 heteroatoms. The quantitative estimate of drug-likeness (QED) is 0.535. The van der Waals surface area contributed by atoms with Crippen molar-refractivity contribution in [3.8, 4) is 22.4 Å². The second-order valence-corrected chi connectivity index (χ2v) is 6.46. The Morgan fingerprint density at radius 2 is 1.89 bits per heavy atom. The topological polar surface area (TPSA) is 90.0 Å². The number of carbonyl (C=O) groups excluding carboxylic acids is 1. The highest BCUT2D eigenvalue weighted by Crippen LogP contribution is 2.44. The molecule has 4 aromatic rings. The van der Waals surface area contributed by atoms with Gasteiger partial charge in [0.2, 0.25) is 5.91 Å². The van der Waals surface area contributed by atoms with E-state index in [9.17, 15) is 9.59 Å². The van der Waals surface area contributed by atoms with E-state index in [1.807, 2.05) is 36.4 Å². The van der Waals surface area contributed by atoms with Gasteiger partial charge in [-0.3, -0.25) is 9.59 Å². The van der Waals surface area contributed by atoms with Gasteiger partial charge in [0, 0.05) is 17.0 Å². The van der Waals surface area contributed by atoms with Gasteiger partial charge in [-0.2, -0.15) is 5.10 Å².